The number of ether oxygens (including phenoxy) is 1. The quantitative estimate of drug-likeness (QED) is 0.0932. The van der Waals surface area contributed by atoms with Gasteiger partial charge in [-0.3, -0.25) is 4.79 Å². The van der Waals surface area contributed by atoms with Crippen molar-refractivity contribution in [3.63, 3.8) is 0 Å². The average molecular weight is 645 g/mol. The van der Waals surface area contributed by atoms with E-state index in [0.717, 1.165) is 28.0 Å². The number of rotatable bonds is 14. The fourth-order valence-corrected chi connectivity index (χ4v) is 6.40. The van der Waals surface area contributed by atoms with Gasteiger partial charge in [0.05, 0.1) is 6.04 Å². The molecule has 3 rings (SSSR count). The molecule has 9 heteroatoms. The van der Waals surface area contributed by atoms with Crippen molar-refractivity contribution in [1.29, 1.82) is 0 Å². The van der Waals surface area contributed by atoms with Crippen LogP contribution in [0.2, 0.25) is 10.0 Å². The van der Waals surface area contributed by atoms with Gasteiger partial charge in [0.2, 0.25) is 6.41 Å². The summed E-state index contributed by atoms with van der Waals surface area (Å²) in [7, 11) is 0.468. The summed E-state index contributed by atoms with van der Waals surface area (Å²) in [5.41, 5.74) is 4.80. The standard InChI is InChI=1S/C34H41Cl2FN3O2P/c1-8-27(15-22(3)29-16-24(35)11-14-32(29)43-20-39-23(4)42-34(5,6)7)40-33(30-18-26(37)12-9-21(30)2)28-13-10-25(36)17-31(28)38-19-41/h8-14,16-19,22,33,39-40,43H,4,15,20H2,1-3,5-7H3,(H,38,41)/b27-8-. The molecule has 0 aliphatic carbocycles. The SMILES string of the molecule is C=C(NCPc1ccc(Cl)cc1C(C)C/C(=C/C)NC(c1cc(F)ccc1C)c1ccc(Cl)cc1NC=O)OC(C)(C)C. The summed E-state index contributed by atoms with van der Waals surface area (Å²) >= 11 is 12.7. The zero-order chi connectivity index (χ0) is 31.7. The highest BCUT2D eigenvalue weighted by Gasteiger charge is 2.23. The Bertz CT molecular complexity index is 1470. The maximum absolute atomic E-state index is 14.5. The summed E-state index contributed by atoms with van der Waals surface area (Å²) in [4.78, 5) is 11.5. The second kappa shape index (κ2) is 15.6. The van der Waals surface area contributed by atoms with Crippen molar-refractivity contribution in [1.82, 2.24) is 10.6 Å². The van der Waals surface area contributed by atoms with Crippen LogP contribution in [0.15, 0.2) is 78.8 Å². The number of hydrogen-bond donors (Lipinski definition) is 3. The molecule has 0 bridgehead atoms. The number of hydrogen-bond acceptors (Lipinski definition) is 4. The van der Waals surface area contributed by atoms with E-state index in [-0.39, 0.29) is 17.3 Å². The van der Waals surface area contributed by atoms with Crippen LogP contribution in [0.1, 0.15) is 75.3 Å². The fraction of sp³-hybridized carbons (Fsp3) is 0.324. The Hall–Kier alpha value is -3.05. The smallest absolute Gasteiger partial charge is 0.211 e. The van der Waals surface area contributed by atoms with Gasteiger partial charge in [-0.25, -0.2) is 4.39 Å². The number of allylic oxidation sites excluding steroid dienone is 2. The lowest BCUT2D eigenvalue weighted by Gasteiger charge is -2.28. The summed E-state index contributed by atoms with van der Waals surface area (Å²) in [6, 6.07) is 15.6. The Morgan fingerprint density at radius 3 is 2.42 bits per heavy atom. The Morgan fingerprint density at radius 1 is 1.05 bits per heavy atom. The zero-order valence-corrected chi connectivity index (χ0v) is 28.1. The van der Waals surface area contributed by atoms with E-state index in [0.29, 0.717) is 49.3 Å². The number of anilines is 1. The number of nitrogens with one attached hydrogen (secondary N) is 3. The third-order valence-electron chi connectivity index (χ3n) is 6.84. The monoisotopic (exact) mass is 643 g/mol. The van der Waals surface area contributed by atoms with E-state index < -0.39 is 6.04 Å². The normalized spacial score (nSPS) is 13.5. The Labute approximate surface area is 267 Å². The average Bonchev–Trinajstić information content (AvgIpc) is 2.92. The van der Waals surface area contributed by atoms with Gasteiger partial charge in [0.15, 0.2) is 5.88 Å². The van der Waals surface area contributed by atoms with Crippen LogP contribution in [0.4, 0.5) is 10.1 Å². The number of aryl methyl sites for hydroxylation is 1. The van der Waals surface area contributed by atoms with E-state index in [1.54, 1.807) is 18.2 Å². The Kier molecular flexibility index (Phi) is 12.5. The molecule has 0 spiro atoms. The van der Waals surface area contributed by atoms with Crippen molar-refractivity contribution in [2.45, 2.75) is 65.5 Å². The molecule has 3 aromatic rings. The van der Waals surface area contributed by atoms with Gasteiger partial charge in [0.25, 0.3) is 0 Å². The second-order valence-corrected chi connectivity index (χ2v) is 13.5. The van der Waals surface area contributed by atoms with E-state index in [4.69, 9.17) is 27.9 Å². The van der Waals surface area contributed by atoms with Crippen LogP contribution < -0.4 is 21.3 Å². The number of carbonyl (C=O) groups excluding carboxylic acids is 1. The topological polar surface area (TPSA) is 62.4 Å². The highest BCUT2D eigenvalue weighted by Crippen LogP contribution is 2.35. The van der Waals surface area contributed by atoms with Crippen LogP contribution in [-0.4, -0.2) is 18.3 Å². The van der Waals surface area contributed by atoms with Gasteiger partial charge in [0.1, 0.15) is 11.4 Å². The molecule has 3 atom stereocenters. The largest absolute Gasteiger partial charge is 0.474 e. The lowest BCUT2D eigenvalue weighted by molar-refractivity contribution is -0.105. The van der Waals surface area contributed by atoms with Crippen LogP contribution in [0.25, 0.3) is 0 Å². The minimum Gasteiger partial charge on any atom is -0.474 e. The number of benzene rings is 3. The predicted octanol–water partition coefficient (Wildman–Crippen LogP) is 8.92. The lowest BCUT2D eigenvalue weighted by atomic mass is 9.91. The molecule has 230 valence electrons. The molecule has 3 unspecified atom stereocenters. The molecule has 0 heterocycles. The molecule has 3 aromatic carbocycles. The predicted molar refractivity (Wildman–Crippen MR) is 181 cm³/mol. The van der Waals surface area contributed by atoms with Crippen LogP contribution >= 0.6 is 31.8 Å². The third-order valence-corrected chi connectivity index (χ3v) is 8.50. The van der Waals surface area contributed by atoms with Crippen molar-refractivity contribution in [3.8, 4) is 0 Å². The van der Waals surface area contributed by atoms with Crippen LogP contribution in [0, 0.1) is 12.7 Å². The van der Waals surface area contributed by atoms with Crippen LogP contribution in [0.3, 0.4) is 0 Å². The van der Waals surface area contributed by atoms with Crippen molar-refractivity contribution in [3.05, 3.63) is 117 Å². The van der Waals surface area contributed by atoms with E-state index in [9.17, 15) is 9.18 Å². The van der Waals surface area contributed by atoms with Gasteiger partial charge < -0.3 is 20.7 Å². The maximum Gasteiger partial charge on any atom is 0.211 e. The highest BCUT2D eigenvalue weighted by molar-refractivity contribution is 7.47. The summed E-state index contributed by atoms with van der Waals surface area (Å²) in [5.74, 6) is 0.324. The van der Waals surface area contributed by atoms with Crippen molar-refractivity contribution in [2.24, 2.45) is 0 Å². The molecule has 43 heavy (non-hydrogen) atoms. The van der Waals surface area contributed by atoms with Gasteiger partial charge in [-0.2, -0.15) is 0 Å². The highest BCUT2D eigenvalue weighted by atomic mass is 35.5. The summed E-state index contributed by atoms with van der Waals surface area (Å²) in [5, 5.41) is 12.1. The molecule has 0 saturated carbocycles. The minimum atomic E-state index is -0.451. The molecule has 0 aliphatic heterocycles. The Balaban J connectivity index is 1.89. The number of halogens is 3. The lowest BCUT2D eigenvalue weighted by Crippen LogP contribution is -2.26. The van der Waals surface area contributed by atoms with E-state index in [1.165, 1.54) is 17.4 Å². The molecule has 1 amide bonds. The number of carbonyl (C=O) groups is 1. The molecule has 5 nitrogen and oxygen atoms in total. The van der Waals surface area contributed by atoms with Gasteiger partial charge in [-0.1, -0.05) is 63.0 Å². The van der Waals surface area contributed by atoms with Gasteiger partial charge >= 0.3 is 0 Å². The first-order valence-corrected chi connectivity index (χ1v) is 16.1. The van der Waals surface area contributed by atoms with Crippen LogP contribution in [0.5, 0.6) is 0 Å². The first kappa shape index (κ1) is 34.4. The molecule has 0 saturated heterocycles. The summed E-state index contributed by atoms with van der Waals surface area (Å²) < 4.78 is 20.3. The molecule has 3 N–H and O–H groups in total. The molecule has 0 aliphatic rings. The van der Waals surface area contributed by atoms with Crippen molar-refractivity contribution >= 4 is 49.2 Å². The second-order valence-electron chi connectivity index (χ2n) is 11.4. The van der Waals surface area contributed by atoms with Crippen LogP contribution in [-0.2, 0) is 9.53 Å². The first-order chi connectivity index (χ1) is 20.3. The van der Waals surface area contributed by atoms with E-state index in [1.807, 2.05) is 58.9 Å². The Morgan fingerprint density at radius 2 is 1.74 bits per heavy atom. The first-order valence-electron chi connectivity index (χ1n) is 14.1. The van der Waals surface area contributed by atoms with Gasteiger partial charge in [-0.05, 0) is 112 Å². The minimum absolute atomic E-state index is 0.112. The third kappa shape index (κ3) is 10.3. The molecular formula is C34H41Cl2FN3O2P. The van der Waals surface area contributed by atoms with E-state index in [2.05, 4.69) is 35.5 Å². The molecular weight excluding hydrogens is 603 g/mol. The van der Waals surface area contributed by atoms with Crippen molar-refractivity contribution < 1.29 is 13.9 Å². The fourth-order valence-electron chi connectivity index (χ4n) is 4.85. The number of amides is 1. The van der Waals surface area contributed by atoms with Gasteiger partial charge in [0, 0.05) is 33.3 Å². The summed E-state index contributed by atoms with van der Waals surface area (Å²) in [6.07, 6.45) is 4.01. The molecule has 0 radical (unpaired) electrons. The van der Waals surface area contributed by atoms with Crippen molar-refractivity contribution in [2.75, 3.05) is 11.6 Å². The molecule has 0 fully saturated rings. The summed E-state index contributed by atoms with van der Waals surface area (Å²) in [6.45, 7) is 16.0. The van der Waals surface area contributed by atoms with Gasteiger partial charge in [-0.15, -0.1) is 0 Å². The molecule has 0 aromatic heterocycles. The maximum atomic E-state index is 14.5. The zero-order valence-electron chi connectivity index (χ0n) is 25.6. The van der Waals surface area contributed by atoms with E-state index >= 15 is 0 Å².